The minimum atomic E-state index is -1.29. The first-order valence-electron chi connectivity index (χ1n) is 16.6. The largest absolute Gasteiger partial charge is 0.455 e. The SMILES string of the molecule is CC1(C)[C@@H](O[C@H]2OC[C@H](O)[C@H](O)[C@H]2O)CC[C@@]2(C)[C@@H]1CC[C@]1(C)[C@@H]2C=CC2=C3[C@]4(CC[C@](C)(OC4=O)[C@@]3(C)O)CC[C@]21C. The van der Waals surface area contributed by atoms with Crippen LogP contribution in [0.3, 0.4) is 0 Å². The Labute approximate surface area is 255 Å². The van der Waals surface area contributed by atoms with Gasteiger partial charge in [0.2, 0.25) is 0 Å². The molecule has 3 saturated carbocycles. The average molecular weight is 601 g/mol. The first-order valence-corrected chi connectivity index (χ1v) is 16.6. The third-order valence-corrected chi connectivity index (χ3v) is 14.9. The minimum absolute atomic E-state index is 0.00193. The Morgan fingerprint density at radius 2 is 1.58 bits per heavy atom. The van der Waals surface area contributed by atoms with E-state index in [0.29, 0.717) is 18.3 Å². The zero-order valence-electron chi connectivity index (χ0n) is 27.0. The van der Waals surface area contributed by atoms with Crippen molar-refractivity contribution in [3.05, 3.63) is 23.3 Å². The van der Waals surface area contributed by atoms with Crippen molar-refractivity contribution < 1.29 is 39.4 Å². The van der Waals surface area contributed by atoms with Gasteiger partial charge in [0.15, 0.2) is 6.29 Å². The van der Waals surface area contributed by atoms with E-state index in [0.717, 1.165) is 50.5 Å². The molecule has 0 aromatic rings. The van der Waals surface area contributed by atoms with E-state index in [1.807, 2.05) is 13.8 Å². The molecule has 13 atom stereocenters. The number of fused-ring (bicyclic) bond motifs is 7. The summed E-state index contributed by atoms with van der Waals surface area (Å²) in [5.41, 5.74) is -1.20. The van der Waals surface area contributed by atoms with E-state index in [1.165, 1.54) is 5.57 Å². The Bertz CT molecular complexity index is 1290. The molecule has 0 aromatic carbocycles. The van der Waals surface area contributed by atoms with Crippen LogP contribution in [0.25, 0.3) is 0 Å². The second-order valence-corrected chi connectivity index (χ2v) is 17.0. The predicted molar refractivity (Wildman–Crippen MR) is 158 cm³/mol. The van der Waals surface area contributed by atoms with Gasteiger partial charge in [0.1, 0.15) is 29.5 Å². The van der Waals surface area contributed by atoms with E-state index in [2.05, 4.69) is 46.8 Å². The summed E-state index contributed by atoms with van der Waals surface area (Å²) >= 11 is 0. The van der Waals surface area contributed by atoms with Crippen molar-refractivity contribution in [2.75, 3.05) is 6.61 Å². The van der Waals surface area contributed by atoms with E-state index in [-0.39, 0.29) is 40.3 Å². The summed E-state index contributed by atoms with van der Waals surface area (Å²) in [6.07, 6.45) is 6.73. The number of hydrogen-bond donors (Lipinski definition) is 4. The van der Waals surface area contributed by atoms with Crippen LogP contribution in [0.15, 0.2) is 23.3 Å². The van der Waals surface area contributed by atoms with Gasteiger partial charge in [0, 0.05) is 0 Å². The Morgan fingerprint density at radius 3 is 2.28 bits per heavy atom. The van der Waals surface area contributed by atoms with Gasteiger partial charge in [0.25, 0.3) is 0 Å². The number of aliphatic hydroxyl groups is 4. The zero-order valence-corrected chi connectivity index (χ0v) is 27.0. The average Bonchev–Trinajstić information content (AvgIpc) is 2.92. The first kappa shape index (κ1) is 30.4. The van der Waals surface area contributed by atoms with Crippen LogP contribution >= 0.6 is 0 Å². The van der Waals surface area contributed by atoms with E-state index in [1.54, 1.807) is 0 Å². The van der Waals surface area contributed by atoms with Gasteiger partial charge in [-0.3, -0.25) is 4.79 Å². The van der Waals surface area contributed by atoms with E-state index in [9.17, 15) is 25.2 Å². The molecule has 0 unspecified atom stereocenters. The highest BCUT2D eigenvalue weighted by Crippen LogP contribution is 2.75. The molecule has 8 nitrogen and oxygen atoms in total. The van der Waals surface area contributed by atoms with Crippen LogP contribution in [0.2, 0.25) is 0 Å². The molecule has 3 heterocycles. The fraction of sp³-hybridized carbons (Fsp3) is 0.857. The lowest BCUT2D eigenvalue weighted by atomic mass is 9.35. The van der Waals surface area contributed by atoms with Crippen LogP contribution in [0.1, 0.15) is 99.8 Å². The van der Waals surface area contributed by atoms with Gasteiger partial charge < -0.3 is 34.6 Å². The molecule has 8 aliphatic rings. The number of carbonyl (C=O) groups excluding carboxylic acids is 1. The summed E-state index contributed by atoms with van der Waals surface area (Å²) in [6.45, 7) is 15.6. The molecular formula is C35H52O8. The number of esters is 1. The maximum absolute atomic E-state index is 13.5. The molecule has 3 aliphatic heterocycles. The Balaban J connectivity index is 1.25. The second kappa shape index (κ2) is 8.95. The molecule has 3 saturated heterocycles. The molecule has 0 radical (unpaired) electrons. The van der Waals surface area contributed by atoms with Gasteiger partial charge in [-0.2, -0.15) is 0 Å². The maximum Gasteiger partial charge on any atom is 0.317 e. The number of allylic oxidation sites excluding steroid dienone is 3. The Morgan fingerprint density at radius 1 is 0.884 bits per heavy atom. The molecule has 8 heteroatoms. The molecule has 4 N–H and O–H groups in total. The van der Waals surface area contributed by atoms with E-state index < -0.39 is 41.2 Å². The summed E-state index contributed by atoms with van der Waals surface area (Å²) in [5, 5.41) is 42.9. The Kier molecular flexibility index (Phi) is 6.32. The maximum atomic E-state index is 13.5. The molecule has 1 spiro atoms. The molecular weight excluding hydrogens is 548 g/mol. The van der Waals surface area contributed by atoms with Gasteiger partial charge in [-0.1, -0.05) is 46.8 Å². The van der Waals surface area contributed by atoms with Crippen molar-refractivity contribution in [1.82, 2.24) is 0 Å². The summed E-state index contributed by atoms with van der Waals surface area (Å²) in [4.78, 5) is 13.5. The monoisotopic (exact) mass is 600 g/mol. The summed E-state index contributed by atoms with van der Waals surface area (Å²) in [6, 6.07) is 0. The van der Waals surface area contributed by atoms with Crippen LogP contribution in [0.5, 0.6) is 0 Å². The van der Waals surface area contributed by atoms with Crippen molar-refractivity contribution in [1.29, 1.82) is 0 Å². The van der Waals surface area contributed by atoms with Crippen LogP contribution in [-0.2, 0) is 19.0 Å². The number of ether oxygens (including phenoxy) is 3. The van der Waals surface area contributed by atoms with Gasteiger partial charge in [-0.15, -0.1) is 0 Å². The first-order chi connectivity index (χ1) is 19.9. The molecule has 5 aliphatic carbocycles. The molecule has 6 fully saturated rings. The van der Waals surface area contributed by atoms with E-state index >= 15 is 0 Å². The van der Waals surface area contributed by atoms with Crippen molar-refractivity contribution >= 4 is 5.97 Å². The number of aliphatic hydroxyl groups excluding tert-OH is 3. The minimum Gasteiger partial charge on any atom is -0.455 e. The predicted octanol–water partition coefficient (Wildman–Crippen LogP) is 4.18. The lowest BCUT2D eigenvalue weighted by Crippen LogP contribution is -2.71. The fourth-order valence-electron chi connectivity index (χ4n) is 11.8. The van der Waals surface area contributed by atoms with Crippen LogP contribution < -0.4 is 0 Å². The highest BCUT2D eigenvalue weighted by molar-refractivity contribution is 5.86. The lowest BCUT2D eigenvalue weighted by Gasteiger charge is -2.71. The van der Waals surface area contributed by atoms with Crippen LogP contribution in [0.4, 0.5) is 0 Å². The van der Waals surface area contributed by atoms with Gasteiger partial charge in [-0.25, -0.2) is 0 Å². The van der Waals surface area contributed by atoms with Gasteiger partial charge in [0.05, 0.1) is 18.1 Å². The van der Waals surface area contributed by atoms with Crippen molar-refractivity contribution in [3.8, 4) is 0 Å². The second-order valence-electron chi connectivity index (χ2n) is 17.0. The number of rotatable bonds is 2. The third kappa shape index (κ3) is 3.52. The van der Waals surface area contributed by atoms with Crippen LogP contribution in [0, 0.1) is 38.9 Å². The normalized spacial score (nSPS) is 56.9. The highest BCUT2D eigenvalue weighted by atomic mass is 16.7. The highest BCUT2D eigenvalue weighted by Gasteiger charge is 2.73. The molecule has 0 amide bonds. The molecule has 0 aromatic heterocycles. The van der Waals surface area contributed by atoms with Crippen molar-refractivity contribution in [2.24, 2.45) is 38.9 Å². The Hall–Kier alpha value is -1.29. The summed E-state index contributed by atoms with van der Waals surface area (Å²) in [5.74, 6) is 0.514. The summed E-state index contributed by atoms with van der Waals surface area (Å²) < 4.78 is 18.1. The summed E-state index contributed by atoms with van der Waals surface area (Å²) in [7, 11) is 0. The number of hydrogen-bond acceptors (Lipinski definition) is 8. The molecule has 240 valence electrons. The van der Waals surface area contributed by atoms with Crippen LogP contribution in [-0.4, -0.2) is 74.9 Å². The fourth-order valence-corrected chi connectivity index (χ4v) is 11.8. The smallest absolute Gasteiger partial charge is 0.317 e. The van der Waals surface area contributed by atoms with E-state index in [4.69, 9.17) is 14.2 Å². The van der Waals surface area contributed by atoms with Gasteiger partial charge >= 0.3 is 5.97 Å². The van der Waals surface area contributed by atoms with Gasteiger partial charge in [-0.05, 0) is 110 Å². The van der Waals surface area contributed by atoms with Crippen molar-refractivity contribution in [3.63, 3.8) is 0 Å². The molecule has 2 bridgehead atoms. The third-order valence-electron chi connectivity index (χ3n) is 14.9. The number of carbonyl (C=O) groups is 1. The zero-order chi connectivity index (χ0) is 31.2. The topological polar surface area (TPSA) is 126 Å². The standard InChI is InChI=1S/C35H52O8/c1-29(2)21-10-13-32(5)22(30(21,3)12-11-23(29)42-27-25(38)24(37)20(36)18-41-27)9-8-19-26-34(7,40)33(6)15-17-35(26,28(39)43-33)16-14-31(19,32)4/h8-9,20-25,27,36-38,40H,10-18H2,1-7H3/t20-,21+,22+,23-,24-,25+,27+,30-,31+,32+,33-,34-,35+/m0/s1. The molecule has 8 rings (SSSR count). The quantitative estimate of drug-likeness (QED) is 0.275. The lowest BCUT2D eigenvalue weighted by molar-refractivity contribution is -0.306. The van der Waals surface area contributed by atoms with Crippen molar-refractivity contribution in [2.45, 2.75) is 142 Å². The molecule has 43 heavy (non-hydrogen) atoms.